The summed E-state index contributed by atoms with van der Waals surface area (Å²) in [4.78, 5) is 11.7. The highest BCUT2D eigenvalue weighted by molar-refractivity contribution is 6.30. The number of aromatic hydroxyl groups is 1. The molecule has 122 valence electrons. The predicted octanol–water partition coefficient (Wildman–Crippen LogP) is 4.24. The molecule has 0 radical (unpaired) electrons. The zero-order valence-electron chi connectivity index (χ0n) is 13.0. The van der Waals surface area contributed by atoms with E-state index in [-0.39, 0.29) is 18.3 Å². The van der Waals surface area contributed by atoms with E-state index in [4.69, 9.17) is 16.3 Å². The summed E-state index contributed by atoms with van der Waals surface area (Å²) in [7, 11) is 0. The highest BCUT2D eigenvalue weighted by Crippen LogP contribution is 2.30. The number of phenols is 1. The van der Waals surface area contributed by atoms with Crippen molar-refractivity contribution >= 4 is 17.6 Å². The van der Waals surface area contributed by atoms with Crippen LogP contribution in [0, 0.1) is 0 Å². The first-order chi connectivity index (χ1) is 10.9. The average Bonchev–Trinajstić information content (AvgIpc) is 2.47. The summed E-state index contributed by atoms with van der Waals surface area (Å²) in [6.07, 6.45) is 0.231. The molecule has 2 aromatic carbocycles. The third-order valence-corrected chi connectivity index (χ3v) is 3.64. The van der Waals surface area contributed by atoms with E-state index >= 15 is 0 Å². The van der Waals surface area contributed by atoms with Crippen LogP contribution in [0.1, 0.15) is 30.9 Å². The average molecular weight is 335 g/mol. The Balaban J connectivity index is 2.35. The minimum atomic E-state index is -0.939. The van der Waals surface area contributed by atoms with Crippen molar-refractivity contribution in [3.05, 3.63) is 58.6 Å². The lowest BCUT2D eigenvalue weighted by Gasteiger charge is -2.18. The van der Waals surface area contributed by atoms with Gasteiger partial charge in [-0.15, -0.1) is 0 Å². The highest BCUT2D eigenvalue weighted by atomic mass is 35.5. The minimum Gasteiger partial charge on any atom is -0.508 e. The Bertz CT molecular complexity index is 680. The molecule has 0 amide bonds. The maximum atomic E-state index is 11.7. The molecule has 0 saturated carbocycles. The smallest absolute Gasteiger partial charge is 0.311 e. The van der Waals surface area contributed by atoms with Gasteiger partial charge in [0.05, 0.1) is 12.0 Å². The van der Waals surface area contributed by atoms with Gasteiger partial charge in [0, 0.05) is 5.02 Å². The van der Waals surface area contributed by atoms with Gasteiger partial charge in [-0.2, -0.15) is 0 Å². The second-order valence-corrected chi connectivity index (χ2v) is 6.04. The lowest BCUT2D eigenvalue weighted by Crippen LogP contribution is -2.16. The third-order valence-electron chi connectivity index (χ3n) is 3.40. The van der Waals surface area contributed by atoms with Crippen LogP contribution in [0.15, 0.2) is 42.5 Å². The molecule has 0 aliphatic rings. The van der Waals surface area contributed by atoms with E-state index in [9.17, 15) is 15.0 Å². The zero-order valence-corrected chi connectivity index (χ0v) is 13.7. The molecule has 0 bridgehead atoms. The van der Waals surface area contributed by atoms with E-state index in [0.29, 0.717) is 16.3 Å². The van der Waals surface area contributed by atoms with Crippen LogP contribution < -0.4 is 4.74 Å². The molecule has 4 nitrogen and oxygen atoms in total. The van der Waals surface area contributed by atoms with Crippen molar-refractivity contribution in [2.24, 2.45) is 0 Å². The Morgan fingerprint density at radius 1 is 1.17 bits per heavy atom. The molecule has 2 aromatic rings. The van der Waals surface area contributed by atoms with Crippen LogP contribution in [0.4, 0.5) is 0 Å². The highest BCUT2D eigenvalue weighted by Gasteiger charge is 2.22. The topological polar surface area (TPSA) is 66.8 Å². The first kappa shape index (κ1) is 17.2. The summed E-state index contributed by atoms with van der Waals surface area (Å²) in [5, 5.41) is 19.5. The Hall–Kier alpha value is -2.20. The maximum Gasteiger partial charge on any atom is 0.311 e. The normalized spacial score (nSPS) is 12.2. The van der Waals surface area contributed by atoms with Gasteiger partial charge in [-0.05, 0) is 61.7 Å². The molecular formula is C18H19ClO4. The van der Waals surface area contributed by atoms with E-state index in [2.05, 4.69) is 0 Å². The summed E-state index contributed by atoms with van der Waals surface area (Å²) in [5.74, 6) is -0.950. The van der Waals surface area contributed by atoms with Gasteiger partial charge in [0.1, 0.15) is 11.5 Å². The Kier molecular flexibility index (Phi) is 5.50. The van der Waals surface area contributed by atoms with Gasteiger partial charge in [-0.3, -0.25) is 4.79 Å². The van der Waals surface area contributed by atoms with Crippen molar-refractivity contribution in [1.29, 1.82) is 0 Å². The van der Waals surface area contributed by atoms with Gasteiger partial charge in [0.2, 0.25) is 0 Å². The molecule has 5 heteroatoms. The molecule has 0 aliphatic heterocycles. The quantitative estimate of drug-likeness (QED) is 0.829. The zero-order chi connectivity index (χ0) is 17.0. The number of carbonyl (C=O) groups is 1. The fourth-order valence-electron chi connectivity index (χ4n) is 2.35. The van der Waals surface area contributed by atoms with E-state index in [0.717, 1.165) is 5.56 Å². The number of benzene rings is 2. The third kappa shape index (κ3) is 4.63. The Morgan fingerprint density at radius 2 is 1.83 bits per heavy atom. The van der Waals surface area contributed by atoms with Gasteiger partial charge in [-0.25, -0.2) is 0 Å². The fraction of sp³-hybridized carbons (Fsp3) is 0.278. The van der Waals surface area contributed by atoms with Crippen molar-refractivity contribution < 1.29 is 19.7 Å². The van der Waals surface area contributed by atoms with Crippen molar-refractivity contribution in [2.75, 3.05) is 0 Å². The van der Waals surface area contributed by atoms with Gasteiger partial charge in [0.15, 0.2) is 0 Å². The first-order valence-corrected chi connectivity index (χ1v) is 7.71. The van der Waals surface area contributed by atoms with Gasteiger partial charge < -0.3 is 14.9 Å². The number of hydrogen-bond acceptors (Lipinski definition) is 3. The molecule has 0 heterocycles. The number of halogens is 1. The number of carboxylic acid groups (broad SMARTS) is 1. The maximum absolute atomic E-state index is 11.7. The summed E-state index contributed by atoms with van der Waals surface area (Å²) in [5.41, 5.74) is 1.36. The number of ether oxygens (including phenoxy) is 1. The monoisotopic (exact) mass is 334 g/mol. The molecule has 0 aliphatic carbocycles. The van der Waals surface area contributed by atoms with E-state index in [1.807, 2.05) is 13.8 Å². The standard InChI is InChI=1S/C18H19ClO4/c1-11(2)23-17-8-5-14(19)9-13(17)10-16(18(21)22)12-3-6-15(20)7-4-12/h3-9,11,16,20H,10H2,1-2H3,(H,21,22). The predicted molar refractivity (Wildman–Crippen MR) is 89.4 cm³/mol. The van der Waals surface area contributed by atoms with Crippen LogP contribution >= 0.6 is 11.6 Å². The van der Waals surface area contributed by atoms with E-state index in [1.54, 1.807) is 30.3 Å². The summed E-state index contributed by atoms with van der Waals surface area (Å²) in [6.45, 7) is 3.82. The van der Waals surface area contributed by atoms with Crippen LogP contribution in [0.5, 0.6) is 11.5 Å². The van der Waals surface area contributed by atoms with Crippen molar-refractivity contribution in [1.82, 2.24) is 0 Å². The Morgan fingerprint density at radius 3 is 2.39 bits per heavy atom. The molecule has 0 aromatic heterocycles. The number of rotatable bonds is 6. The van der Waals surface area contributed by atoms with Crippen molar-refractivity contribution in [2.45, 2.75) is 32.3 Å². The molecule has 0 fully saturated rings. The SMILES string of the molecule is CC(C)Oc1ccc(Cl)cc1CC(C(=O)O)c1ccc(O)cc1. The second-order valence-electron chi connectivity index (χ2n) is 5.61. The molecule has 0 spiro atoms. The van der Waals surface area contributed by atoms with Crippen LogP contribution in [0.25, 0.3) is 0 Å². The number of aliphatic carboxylic acids is 1. The molecule has 23 heavy (non-hydrogen) atoms. The van der Waals surface area contributed by atoms with Gasteiger partial charge in [0.25, 0.3) is 0 Å². The largest absolute Gasteiger partial charge is 0.508 e. The van der Waals surface area contributed by atoms with Crippen LogP contribution in [0.3, 0.4) is 0 Å². The van der Waals surface area contributed by atoms with Gasteiger partial charge in [-0.1, -0.05) is 23.7 Å². The Labute approximate surface area is 140 Å². The molecule has 1 unspecified atom stereocenters. The molecule has 1 atom stereocenters. The van der Waals surface area contributed by atoms with E-state index < -0.39 is 11.9 Å². The summed E-state index contributed by atoms with van der Waals surface area (Å²) < 4.78 is 5.74. The number of hydrogen-bond donors (Lipinski definition) is 2. The van der Waals surface area contributed by atoms with Crippen molar-refractivity contribution in [3.8, 4) is 11.5 Å². The van der Waals surface area contributed by atoms with Crippen molar-refractivity contribution in [3.63, 3.8) is 0 Å². The van der Waals surface area contributed by atoms with E-state index in [1.165, 1.54) is 12.1 Å². The van der Waals surface area contributed by atoms with Gasteiger partial charge >= 0.3 is 5.97 Å². The summed E-state index contributed by atoms with van der Waals surface area (Å²) in [6, 6.07) is 11.4. The molecule has 2 N–H and O–H groups in total. The number of phenolic OH excluding ortho intramolecular Hbond substituents is 1. The number of carboxylic acids is 1. The first-order valence-electron chi connectivity index (χ1n) is 7.33. The summed E-state index contributed by atoms with van der Waals surface area (Å²) >= 11 is 6.05. The second kappa shape index (κ2) is 7.38. The lowest BCUT2D eigenvalue weighted by molar-refractivity contribution is -0.138. The van der Waals surface area contributed by atoms with Crippen LogP contribution in [-0.2, 0) is 11.2 Å². The van der Waals surface area contributed by atoms with Crippen LogP contribution in [0.2, 0.25) is 5.02 Å². The molecule has 0 saturated heterocycles. The lowest BCUT2D eigenvalue weighted by atomic mass is 9.91. The minimum absolute atomic E-state index is 0.0214. The molecular weight excluding hydrogens is 316 g/mol. The fourth-order valence-corrected chi connectivity index (χ4v) is 2.55. The molecule has 2 rings (SSSR count). The van der Waals surface area contributed by atoms with Crippen LogP contribution in [-0.4, -0.2) is 22.3 Å².